The summed E-state index contributed by atoms with van der Waals surface area (Å²) in [6.45, 7) is 0. The van der Waals surface area contributed by atoms with Crippen molar-refractivity contribution in [1.29, 1.82) is 0 Å². The van der Waals surface area contributed by atoms with E-state index in [9.17, 15) is 18.0 Å². The van der Waals surface area contributed by atoms with Crippen LogP contribution < -0.4 is 10.5 Å². The van der Waals surface area contributed by atoms with Crippen LogP contribution in [-0.4, -0.2) is 22.4 Å². The van der Waals surface area contributed by atoms with Gasteiger partial charge < -0.3 is 15.6 Å². The Balaban J connectivity index is 2.41. The van der Waals surface area contributed by atoms with Crippen LogP contribution in [0.5, 0.6) is 5.75 Å². The van der Waals surface area contributed by atoms with Crippen molar-refractivity contribution in [3.8, 4) is 17.0 Å². The fourth-order valence-electron chi connectivity index (χ4n) is 1.66. The van der Waals surface area contributed by atoms with Gasteiger partial charge in [0.05, 0.1) is 23.1 Å². The lowest BCUT2D eigenvalue weighted by Gasteiger charge is -2.10. The van der Waals surface area contributed by atoms with Gasteiger partial charge in [-0.05, 0) is 18.2 Å². The zero-order chi connectivity index (χ0) is 15.6. The summed E-state index contributed by atoms with van der Waals surface area (Å²) >= 11 is 0. The van der Waals surface area contributed by atoms with Gasteiger partial charge in [-0.2, -0.15) is 0 Å². The second-order valence-corrected chi connectivity index (χ2v) is 4.04. The number of benzene rings is 1. The number of ether oxygens (including phenoxy) is 1. The molecule has 2 rings (SSSR count). The molecule has 110 valence electrons. The first kappa shape index (κ1) is 14.6. The first-order valence-corrected chi connectivity index (χ1v) is 5.61. The molecular formula is C13H9F3N2O3. The van der Waals surface area contributed by atoms with Crippen LogP contribution >= 0.6 is 0 Å². The Hall–Kier alpha value is -2.77. The smallest absolute Gasteiger partial charge is 0.478 e. The highest BCUT2D eigenvalue weighted by Crippen LogP contribution is 2.28. The number of pyridine rings is 1. The summed E-state index contributed by atoms with van der Waals surface area (Å²) in [6, 6.07) is 6.25. The average Bonchev–Trinajstić information content (AvgIpc) is 2.37. The highest BCUT2D eigenvalue weighted by molar-refractivity contribution is 5.94. The number of carboxylic acids is 1. The van der Waals surface area contributed by atoms with E-state index in [0.29, 0.717) is 0 Å². The summed E-state index contributed by atoms with van der Waals surface area (Å²) in [6.07, 6.45) is -3.67. The Morgan fingerprint density at radius 1 is 1.29 bits per heavy atom. The molecule has 21 heavy (non-hydrogen) atoms. The number of hydrogen-bond donors (Lipinski definition) is 2. The van der Waals surface area contributed by atoms with Gasteiger partial charge in [-0.3, -0.25) is 4.98 Å². The summed E-state index contributed by atoms with van der Waals surface area (Å²) < 4.78 is 40.3. The number of aromatic nitrogens is 1. The van der Waals surface area contributed by atoms with E-state index >= 15 is 0 Å². The van der Waals surface area contributed by atoms with Crippen LogP contribution in [0, 0.1) is 0 Å². The normalized spacial score (nSPS) is 11.2. The van der Waals surface area contributed by atoms with Gasteiger partial charge in [0.15, 0.2) is 0 Å². The molecule has 5 nitrogen and oxygen atoms in total. The van der Waals surface area contributed by atoms with Crippen LogP contribution in [0.15, 0.2) is 36.5 Å². The molecule has 0 saturated heterocycles. The predicted molar refractivity (Wildman–Crippen MR) is 67.7 cm³/mol. The lowest BCUT2D eigenvalue weighted by atomic mass is 10.1. The fourth-order valence-corrected chi connectivity index (χ4v) is 1.66. The highest BCUT2D eigenvalue weighted by Gasteiger charge is 2.31. The lowest BCUT2D eigenvalue weighted by Crippen LogP contribution is -2.17. The molecule has 0 unspecified atom stereocenters. The molecule has 1 heterocycles. The van der Waals surface area contributed by atoms with Gasteiger partial charge >= 0.3 is 12.3 Å². The molecular weight excluding hydrogens is 289 g/mol. The number of nitrogens with zero attached hydrogens (tertiary/aromatic N) is 1. The molecule has 2 aromatic rings. The monoisotopic (exact) mass is 298 g/mol. The third-order valence-electron chi connectivity index (χ3n) is 2.53. The number of anilines is 1. The van der Waals surface area contributed by atoms with E-state index in [1.807, 2.05) is 0 Å². The first-order chi connectivity index (χ1) is 9.76. The average molecular weight is 298 g/mol. The molecule has 0 aliphatic heterocycles. The summed E-state index contributed by atoms with van der Waals surface area (Å²) in [5.41, 5.74) is 5.71. The minimum Gasteiger partial charge on any atom is -0.478 e. The third-order valence-corrected chi connectivity index (χ3v) is 2.53. The maximum Gasteiger partial charge on any atom is 0.573 e. The van der Waals surface area contributed by atoms with Crippen molar-refractivity contribution >= 4 is 11.7 Å². The Labute approximate surface area is 116 Å². The number of nitrogens with two attached hydrogens (primary N) is 1. The number of halogens is 3. The van der Waals surface area contributed by atoms with E-state index < -0.39 is 18.1 Å². The van der Waals surface area contributed by atoms with Crippen molar-refractivity contribution in [3.05, 3.63) is 42.1 Å². The maximum absolute atomic E-state index is 12.2. The number of carbonyl (C=O) groups is 1. The quantitative estimate of drug-likeness (QED) is 0.910. The highest BCUT2D eigenvalue weighted by atomic mass is 19.4. The standard InChI is InChI=1S/C13H9F3N2O3/c14-13(15,16)21-8-3-1-2-7(4-8)11-5-9(12(19)20)10(17)6-18-11/h1-6H,17H2,(H,19,20). The van der Waals surface area contributed by atoms with Crippen LogP contribution in [-0.2, 0) is 0 Å². The summed E-state index contributed by atoms with van der Waals surface area (Å²) in [5.74, 6) is -1.67. The molecule has 8 heteroatoms. The summed E-state index contributed by atoms with van der Waals surface area (Å²) in [5, 5.41) is 8.96. The number of nitrogen functional groups attached to an aromatic ring is 1. The fraction of sp³-hybridized carbons (Fsp3) is 0.0769. The first-order valence-electron chi connectivity index (χ1n) is 5.61. The van der Waals surface area contributed by atoms with E-state index in [0.717, 1.165) is 18.3 Å². The maximum atomic E-state index is 12.2. The van der Waals surface area contributed by atoms with Crippen LogP contribution in [0.1, 0.15) is 10.4 Å². The number of aromatic carboxylic acids is 1. The molecule has 1 aromatic heterocycles. The van der Waals surface area contributed by atoms with Gasteiger partial charge in [0.25, 0.3) is 0 Å². The minimum absolute atomic E-state index is 0.0334. The van der Waals surface area contributed by atoms with E-state index in [-0.39, 0.29) is 22.5 Å². The van der Waals surface area contributed by atoms with Crippen molar-refractivity contribution in [2.75, 3.05) is 5.73 Å². The molecule has 0 aliphatic carbocycles. The van der Waals surface area contributed by atoms with Crippen LogP contribution in [0.3, 0.4) is 0 Å². The lowest BCUT2D eigenvalue weighted by molar-refractivity contribution is -0.274. The minimum atomic E-state index is -4.81. The molecule has 0 fully saturated rings. The van der Waals surface area contributed by atoms with Gasteiger partial charge in [-0.1, -0.05) is 12.1 Å². The SMILES string of the molecule is Nc1cnc(-c2cccc(OC(F)(F)F)c2)cc1C(=O)O. The van der Waals surface area contributed by atoms with Crippen LogP contribution in [0.25, 0.3) is 11.3 Å². The van der Waals surface area contributed by atoms with Gasteiger partial charge in [0.2, 0.25) is 0 Å². The number of rotatable bonds is 3. The van der Waals surface area contributed by atoms with E-state index in [4.69, 9.17) is 10.8 Å². The van der Waals surface area contributed by atoms with E-state index in [2.05, 4.69) is 9.72 Å². The van der Waals surface area contributed by atoms with Gasteiger partial charge in [0, 0.05) is 5.56 Å². The number of carboxylic acid groups (broad SMARTS) is 1. The van der Waals surface area contributed by atoms with Crippen molar-refractivity contribution < 1.29 is 27.8 Å². The molecule has 0 aliphatic rings. The van der Waals surface area contributed by atoms with Gasteiger partial charge in [0.1, 0.15) is 5.75 Å². The largest absolute Gasteiger partial charge is 0.573 e. The summed E-state index contributed by atoms with van der Waals surface area (Å²) in [7, 11) is 0. The Morgan fingerprint density at radius 2 is 2.00 bits per heavy atom. The molecule has 0 saturated carbocycles. The van der Waals surface area contributed by atoms with Crippen LogP contribution in [0.2, 0.25) is 0 Å². The Kier molecular flexibility index (Phi) is 3.70. The van der Waals surface area contributed by atoms with Crippen molar-refractivity contribution in [2.45, 2.75) is 6.36 Å². The third kappa shape index (κ3) is 3.62. The van der Waals surface area contributed by atoms with Crippen LogP contribution in [0.4, 0.5) is 18.9 Å². The van der Waals surface area contributed by atoms with Gasteiger partial charge in [-0.25, -0.2) is 4.79 Å². The van der Waals surface area contributed by atoms with Gasteiger partial charge in [-0.15, -0.1) is 13.2 Å². The van der Waals surface area contributed by atoms with E-state index in [1.54, 1.807) is 0 Å². The molecule has 0 atom stereocenters. The zero-order valence-electron chi connectivity index (χ0n) is 10.4. The summed E-state index contributed by atoms with van der Waals surface area (Å²) in [4.78, 5) is 14.9. The molecule has 0 amide bonds. The number of hydrogen-bond acceptors (Lipinski definition) is 4. The molecule has 0 radical (unpaired) electrons. The van der Waals surface area contributed by atoms with Crippen molar-refractivity contribution in [1.82, 2.24) is 4.98 Å². The zero-order valence-corrected chi connectivity index (χ0v) is 10.4. The topological polar surface area (TPSA) is 85.4 Å². The Bertz CT molecular complexity index is 687. The van der Waals surface area contributed by atoms with Crippen molar-refractivity contribution in [2.24, 2.45) is 0 Å². The predicted octanol–water partition coefficient (Wildman–Crippen LogP) is 2.93. The molecule has 3 N–H and O–H groups in total. The molecule has 0 bridgehead atoms. The second-order valence-electron chi connectivity index (χ2n) is 4.04. The molecule has 0 spiro atoms. The second kappa shape index (κ2) is 5.31. The Morgan fingerprint density at radius 3 is 2.62 bits per heavy atom. The van der Waals surface area contributed by atoms with E-state index in [1.165, 1.54) is 18.2 Å². The molecule has 1 aromatic carbocycles. The number of alkyl halides is 3. The van der Waals surface area contributed by atoms with Crippen molar-refractivity contribution in [3.63, 3.8) is 0 Å².